The highest BCUT2D eigenvalue weighted by atomic mass is 16.1. The minimum atomic E-state index is -0.0765. The van der Waals surface area contributed by atoms with Crippen LogP contribution in [0.2, 0.25) is 0 Å². The molecule has 2 N–H and O–H groups in total. The first-order chi connectivity index (χ1) is 9.19. The van der Waals surface area contributed by atoms with Gasteiger partial charge in [0.2, 0.25) is 5.91 Å². The molecule has 19 heavy (non-hydrogen) atoms. The molecule has 2 aromatic rings. The van der Waals surface area contributed by atoms with Crippen molar-refractivity contribution < 1.29 is 4.79 Å². The van der Waals surface area contributed by atoms with Crippen LogP contribution >= 0.6 is 0 Å². The summed E-state index contributed by atoms with van der Waals surface area (Å²) in [5, 5.41) is 9.98. The zero-order valence-corrected chi connectivity index (χ0v) is 11.0. The largest absolute Gasteiger partial charge is 0.374 e. The van der Waals surface area contributed by atoms with Crippen LogP contribution in [0.25, 0.3) is 0 Å². The predicted molar refractivity (Wildman–Crippen MR) is 72.6 cm³/mol. The first-order valence-electron chi connectivity index (χ1n) is 6.09. The lowest BCUT2D eigenvalue weighted by Gasteiger charge is -2.12. The standard InChI is InChI=1S/C13H17N5O/c1-10(12-5-3-4-6-15-12)17-11-7-16-18(8-11)9-13(19)14-2/h3-8,10,17H,9H2,1-2H3,(H,14,19). The van der Waals surface area contributed by atoms with Crippen molar-refractivity contribution in [2.75, 3.05) is 12.4 Å². The van der Waals surface area contributed by atoms with Gasteiger partial charge < -0.3 is 10.6 Å². The predicted octanol–water partition coefficient (Wildman–Crippen LogP) is 1.20. The molecule has 0 spiro atoms. The van der Waals surface area contributed by atoms with Crippen LogP contribution < -0.4 is 10.6 Å². The van der Waals surface area contributed by atoms with E-state index in [0.29, 0.717) is 0 Å². The van der Waals surface area contributed by atoms with Crippen LogP contribution in [0.15, 0.2) is 36.8 Å². The van der Waals surface area contributed by atoms with Gasteiger partial charge in [0.1, 0.15) is 6.54 Å². The Morgan fingerprint density at radius 2 is 2.32 bits per heavy atom. The lowest BCUT2D eigenvalue weighted by atomic mass is 10.2. The Hall–Kier alpha value is -2.37. The Morgan fingerprint density at radius 3 is 3.00 bits per heavy atom. The molecule has 6 heteroatoms. The number of hydrogen-bond donors (Lipinski definition) is 2. The summed E-state index contributed by atoms with van der Waals surface area (Å²) in [5.74, 6) is -0.0765. The fourth-order valence-corrected chi connectivity index (χ4v) is 1.71. The molecule has 0 aliphatic carbocycles. The van der Waals surface area contributed by atoms with Crippen molar-refractivity contribution in [2.45, 2.75) is 19.5 Å². The van der Waals surface area contributed by atoms with Gasteiger partial charge in [-0.15, -0.1) is 0 Å². The normalized spacial score (nSPS) is 11.9. The Labute approximate surface area is 111 Å². The summed E-state index contributed by atoms with van der Waals surface area (Å²) in [4.78, 5) is 15.5. The second-order valence-corrected chi connectivity index (χ2v) is 4.22. The number of carbonyl (C=O) groups is 1. The Balaban J connectivity index is 1.98. The van der Waals surface area contributed by atoms with Gasteiger partial charge in [-0.3, -0.25) is 14.5 Å². The number of likely N-dealkylation sites (N-methyl/N-ethyl adjacent to an activating group) is 1. The van der Waals surface area contributed by atoms with Crippen molar-refractivity contribution in [3.05, 3.63) is 42.5 Å². The second-order valence-electron chi connectivity index (χ2n) is 4.22. The van der Waals surface area contributed by atoms with Crippen LogP contribution in [0.4, 0.5) is 5.69 Å². The van der Waals surface area contributed by atoms with E-state index in [1.165, 1.54) is 0 Å². The Kier molecular flexibility index (Phi) is 4.12. The fraction of sp³-hybridized carbons (Fsp3) is 0.308. The van der Waals surface area contributed by atoms with Crippen molar-refractivity contribution in [2.24, 2.45) is 0 Å². The van der Waals surface area contributed by atoms with Crippen LogP contribution in [0.5, 0.6) is 0 Å². The second kappa shape index (κ2) is 5.99. The maximum Gasteiger partial charge on any atom is 0.241 e. The van der Waals surface area contributed by atoms with Gasteiger partial charge in [0.25, 0.3) is 0 Å². The highest BCUT2D eigenvalue weighted by Crippen LogP contribution is 2.16. The van der Waals surface area contributed by atoms with Crippen LogP contribution in [-0.2, 0) is 11.3 Å². The van der Waals surface area contributed by atoms with E-state index in [4.69, 9.17) is 0 Å². The molecule has 0 radical (unpaired) electrons. The van der Waals surface area contributed by atoms with Gasteiger partial charge >= 0.3 is 0 Å². The molecule has 0 saturated heterocycles. The van der Waals surface area contributed by atoms with E-state index in [9.17, 15) is 4.79 Å². The van der Waals surface area contributed by atoms with Crippen LogP contribution in [-0.4, -0.2) is 27.7 Å². The van der Waals surface area contributed by atoms with Gasteiger partial charge in [0.05, 0.1) is 23.6 Å². The number of carbonyl (C=O) groups excluding carboxylic acids is 1. The van der Waals surface area contributed by atoms with Crippen molar-refractivity contribution in [3.8, 4) is 0 Å². The quantitative estimate of drug-likeness (QED) is 0.846. The lowest BCUT2D eigenvalue weighted by molar-refractivity contribution is -0.121. The highest BCUT2D eigenvalue weighted by Gasteiger charge is 2.08. The molecule has 0 bridgehead atoms. The smallest absolute Gasteiger partial charge is 0.241 e. The van der Waals surface area contributed by atoms with Crippen molar-refractivity contribution in [1.29, 1.82) is 0 Å². The third-order valence-electron chi connectivity index (χ3n) is 2.73. The van der Waals surface area contributed by atoms with E-state index >= 15 is 0 Å². The van der Waals surface area contributed by atoms with Crippen molar-refractivity contribution in [3.63, 3.8) is 0 Å². The molecule has 2 aromatic heterocycles. The summed E-state index contributed by atoms with van der Waals surface area (Å²) < 4.78 is 1.59. The molecular formula is C13H17N5O. The minimum Gasteiger partial charge on any atom is -0.374 e. The summed E-state index contributed by atoms with van der Waals surface area (Å²) in [7, 11) is 1.61. The number of nitrogens with zero attached hydrogens (tertiary/aromatic N) is 3. The van der Waals surface area contributed by atoms with Crippen molar-refractivity contribution >= 4 is 11.6 Å². The summed E-state index contributed by atoms with van der Waals surface area (Å²) >= 11 is 0. The van der Waals surface area contributed by atoms with Gasteiger partial charge in [-0.25, -0.2) is 0 Å². The summed E-state index contributed by atoms with van der Waals surface area (Å²) in [6, 6.07) is 5.89. The fourth-order valence-electron chi connectivity index (χ4n) is 1.71. The maximum absolute atomic E-state index is 11.2. The molecule has 0 saturated carbocycles. The molecular weight excluding hydrogens is 242 g/mol. The number of aromatic nitrogens is 3. The maximum atomic E-state index is 11.2. The highest BCUT2D eigenvalue weighted by molar-refractivity contribution is 5.75. The molecule has 0 aliphatic heterocycles. The van der Waals surface area contributed by atoms with E-state index < -0.39 is 0 Å². The molecule has 0 aromatic carbocycles. The Morgan fingerprint density at radius 1 is 1.47 bits per heavy atom. The number of hydrogen-bond acceptors (Lipinski definition) is 4. The molecule has 2 rings (SSSR count). The van der Waals surface area contributed by atoms with E-state index in [2.05, 4.69) is 20.7 Å². The summed E-state index contributed by atoms with van der Waals surface area (Å²) in [6.07, 6.45) is 5.26. The average molecular weight is 259 g/mol. The molecule has 2 heterocycles. The van der Waals surface area contributed by atoms with E-state index in [0.717, 1.165) is 11.4 Å². The lowest BCUT2D eigenvalue weighted by Crippen LogP contribution is -2.23. The molecule has 1 atom stereocenters. The number of anilines is 1. The van der Waals surface area contributed by atoms with E-state index in [1.54, 1.807) is 30.3 Å². The van der Waals surface area contributed by atoms with E-state index in [1.807, 2.05) is 25.1 Å². The van der Waals surface area contributed by atoms with Gasteiger partial charge in [0.15, 0.2) is 0 Å². The average Bonchev–Trinajstić information content (AvgIpc) is 2.86. The van der Waals surface area contributed by atoms with Gasteiger partial charge in [-0.2, -0.15) is 5.10 Å². The number of pyridine rings is 1. The minimum absolute atomic E-state index is 0.0765. The number of amides is 1. The first-order valence-corrected chi connectivity index (χ1v) is 6.09. The third kappa shape index (κ3) is 3.54. The van der Waals surface area contributed by atoms with Crippen molar-refractivity contribution in [1.82, 2.24) is 20.1 Å². The zero-order valence-electron chi connectivity index (χ0n) is 11.0. The zero-order chi connectivity index (χ0) is 13.7. The Bertz CT molecular complexity index is 537. The summed E-state index contributed by atoms with van der Waals surface area (Å²) in [6.45, 7) is 2.24. The number of rotatable bonds is 5. The van der Waals surface area contributed by atoms with Gasteiger partial charge in [-0.05, 0) is 19.1 Å². The number of nitrogens with one attached hydrogen (secondary N) is 2. The summed E-state index contributed by atoms with van der Waals surface area (Å²) in [5.41, 5.74) is 1.82. The molecule has 1 amide bonds. The topological polar surface area (TPSA) is 71.8 Å². The molecule has 100 valence electrons. The van der Waals surface area contributed by atoms with E-state index in [-0.39, 0.29) is 18.5 Å². The molecule has 0 aliphatic rings. The van der Waals surface area contributed by atoms with Crippen LogP contribution in [0, 0.1) is 0 Å². The van der Waals surface area contributed by atoms with Crippen LogP contribution in [0.3, 0.4) is 0 Å². The molecule has 1 unspecified atom stereocenters. The van der Waals surface area contributed by atoms with Gasteiger partial charge in [-0.1, -0.05) is 6.07 Å². The monoisotopic (exact) mass is 259 g/mol. The SMILES string of the molecule is CNC(=O)Cn1cc(NC(C)c2ccccn2)cn1. The third-order valence-corrected chi connectivity index (χ3v) is 2.73. The molecule has 6 nitrogen and oxygen atoms in total. The van der Waals surface area contributed by atoms with Gasteiger partial charge in [0, 0.05) is 19.4 Å². The molecule has 0 fully saturated rings. The van der Waals surface area contributed by atoms with Crippen LogP contribution in [0.1, 0.15) is 18.7 Å². The first kappa shape index (κ1) is 13.1.